The fourth-order valence-corrected chi connectivity index (χ4v) is 4.44. The molecule has 2 saturated heterocycles. The maximum atomic E-state index is 6.12. The third kappa shape index (κ3) is 3.84. The summed E-state index contributed by atoms with van der Waals surface area (Å²) in [6.45, 7) is 7.43. The molecule has 0 bridgehead atoms. The zero-order valence-electron chi connectivity index (χ0n) is 15.6. The molecule has 2 aliphatic heterocycles. The number of hydrogen-bond donors (Lipinski definition) is 0. The van der Waals surface area contributed by atoms with E-state index in [-0.39, 0.29) is 12.6 Å². The lowest BCUT2D eigenvalue weighted by Crippen LogP contribution is -2.40. The van der Waals surface area contributed by atoms with Gasteiger partial charge in [-0.05, 0) is 70.3 Å². The molecule has 0 spiro atoms. The van der Waals surface area contributed by atoms with E-state index in [1.54, 1.807) is 7.11 Å². The number of methoxy groups -OCH3 is 1. The van der Waals surface area contributed by atoms with E-state index in [0.29, 0.717) is 17.8 Å². The van der Waals surface area contributed by atoms with Crippen LogP contribution in [0.15, 0.2) is 34.9 Å². The van der Waals surface area contributed by atoms with Crippen molar-refractivity contribution in [3.8, 4) is 0 Å². The van der Waals surface area contributed by atoms with Crippen LogP contribution in [-0.2, 0) is 14.2 Å². The Bertz CT molecular complexity index is 527. The van der Waals surface area contributed by atoms with Crippen LogP contribution in [-0.4, -0.2) is 26.3 Å². The average molecular weight is 332 g/mol. The Balaban J connectivity index is 1.83. The van der Waals surface area contributed by atoms with Crippen LogP contribution in [0.25, 0.3) is 0 Å². The van der Waals surface area contributed by atoms with Crippen molar-refractivity contribution < 1.29 is 14.2 Å². The van der Waals surface area contributed by atoms with Gasteiger partial charge in [0.2, 0.25) is 0 Å². The number of ether oxygens (including phenoxy) is 3. The maximum Gasteiger partial charge on any atom is 0.183 e. The first-order chi connectivity index (χ1) is 11.6. The van der Waals surface area contributed by atoms with Crippen LogP contribution >= 0.6 is 0 Å². The van der Waals surface area contributed by atoms with Crippen molar-refractivity contribution in [2.75, 3.05) is 13.7 Å². The fraction of sp³-hybridized carbons (Fsp3) is 0.714. The highest BCUT2D eigenvalue weighted by atomic mass is 16.8. The van der Waals surface area contributed by atoms with Gasteiger partial charge in [0.05, 0.1) is 6.61 Å². The second-order valence-electron chi connectivity index (χ2n) is 7.74. The van der Waals surface area contributed by atoms with Crippen molar-refractivity contribution >= 4 is 0 Å². The third-order valence-electron chi connectivity index (χ3n) is 5.75. The molecule has 0 N–H and O–H groups in total. The lowest BCUT2D eigenvalue weighted by molar-refractivity contribution is -0.230. The van der Waals surface area contributed by atoms with E-state index in [2.05, 4.69) is 39.0 Å². The lowest BCUT2D eigenvalue weighted by Gasteiger charge is -2.39. The molecule has 3 aliphatic rings. The van der Waals surface area contributed by atoms with Crippen molar-refractivity contribution in [1.82, 2.24) is 0 Å². The van der Waals surface area contributed by atoms with Crippen molar-refractivity contribution in [2.24, 2.45) is 17.8 Å². The molecule has 2 unspecified atom stereocenters. The standard InChI is InChI=1S/C21H32O3/c1-14(2)7-5-9-16-13-23-21-19-17(16)12-11-15(3)8-6-10-18(19)20(22-4)24-21/h7-8,10,16-17,19-21H,5-6,9,11-13H2,1-4H3/b15-8+,18-10+/t16?,17-,19-,20?,21+/m1/s1. The molecule has 0 aromatic heterocycles. The minimum atomic E-state index is -0.231. The van der Waals surface area contributed by atoms with Crippen LogP contribution in [0.4, 0.5) is 0 Å². The van der Waals surface area contributed by atoms with Crippen LogP contribution in [0.1, 0.15) is 52.9 Å². The largest absolute Gasteiger partial charge is 0.352 e. The second-order valence-corrected chi connectivity index (χ2v) is 7.74. The van der Waals surface area contributed by atoms with Gasteiger partial charge >= 0.3 is 0 Å². The number of allylic oxidation sites excluding steroid dienone is 5. The summed E-state index contributed by atoms with van der Waals surface area (Å²) in [6, 6.07) is 0. The van der Waals surface area contributed by atoms with Crippen LogP contribution in [0.3, 0.4) is 0 Å². The van der Waals surface area contributed by atoms with Gasteiger partial charge in [-0.15, -0.1) is 0 Å². The molecule has 3 heteroatoms. The number of hydrogen-bond acceptors (Lipinski definition) is 3. The molecular formula is C21H32O3. The minimum absolute atomic E-state index is 0.121. The maximum absolute atomic E-state index is 6.12. The van der Waals surface area contributed by atoms with Gasteiger partial charge in [0.25, 0.3) is 0 Å². The predicted molar refractivity (Wildman–Crippen MR) is 96.4 cm³/mol. The highest BCUT2D eigenvalue weighted by Gasteiger charge is 2.49. The molecule has 0 radical (unpaired) electrons. The summed E-state index contributed by atoms with van der Waals surface area (Å²) in [5.74, 6) is 1.59. The Hall–Kier alpha value is -0.900. The van der Waals surface area contributed by atoms with Crippen LogP contribution < -0.4 is 0 Å². The zero-order chi connectivity index (χ0) is 17.1. The van der Waals surface area contributed by atoms with Gasteiger partial charge in [-0.25, -0.2) is 0 Å². The average Bonchev–Trinajstić information content (AvgIpc) is 2.93. The van der Waals surface area contributed by atoms with Crippen molar-refractivity contribution in [3.63, 3.8) is 0 Å². The summed E-state index contributed by atoms with van der Waals surface area (Å²) in [6.07, 6.45) is 12.4. The molecule has 2 fully saturated rings. The molecule has 2 heterocycles. The Labute approximate surface area is 146 Å². The summed E-state index contributed by atoms with van der Waals surface area (Å²) in [4.78, 5) is 0. The first-order valence-electron chi connectivity index (χ1n) is 9.39. The molecule has 5 atom stereocenters. The Morgan fingerprint density at radius 2 is 2.17 bits per heavy atom. The molecule has 3 nitrogen and oxygen atoms in total. The Morgan fingerprint density at radius 3 is 2.92 bits per heavy atom. The van der Waals surface area contributed by atoms with Gasteiger partial charge in [0.1, 0.15) is 0 Å². The highest BCUT2D eigenvalue weighted by Crippen LogP contribution is 2.48. The Morgan fingerprint density at radius 1 is 1.33 bits per heavy atom. The highest BCUT2D eigenvalue weighted by molar-refractivity contribution is 5.21. The Kier molecular flexibility index (Phi) is 5.96. The van der Waals surface area contributed by atoms with E-state index >= 15 is 0 Å². The molecule has 1 aliphatic carbocycles. The summed E-state index contributed by atoms with van der Waals surface area (Å²) in [7, 11) is 1.73. The van der Waals surface area contributed by atoms with Gasteiger partial charge in [-0.1, -0.05) is 29.4 Å². The lowest BCUT2D eigenvalue weighted by atomic mass is 9.72. The molecular weight excluding hydrogens is 300 g/mol. The van der Waals surface area contributed by atoms with Gasteiger partial charge < -0.3 is 14.2 Å². The minimum Gasteiger partial charge on any atom is -0.352 e. The summed E-state index contributed by atoms with van der Waals surface area (Å²) in [5.41, 5.74) is 4.22. The molecule has 24 heavy (non-hydrogen) atoms. The molecule has 0 saturated carbocycles. The first kappa shape index (κ1) is 17.9. The monoisotopic (exact) mass is 332 g/mol. The summed E-state index contributed by atoms with van der Waals surface area (Å²) < 4.78 is 17.8. The van der Waals surface area contributed by atoms with Crippen LogP contribution in [0, 0.1) is 17.8 Å². The second kappa shape index (κ2) is 7.99. The number of rotatable bonds is 4. The zero-order valence-corrected chi connectivity index (χ0v) is 15.6. The topological polar surface area (TPSA) is 27.7 Å². The van der Waals surface area contributed by atoms with E-state index in [4.69, 9.17) is 14.2 Å². The molecule has 3 rings (SSSR count). The SMILES string of the molecule is COC1O[C@@H]2OCC(CCC=C(C)C)[C@H]3CC/C(C)=C/C/C=C/1[C@H]23. The van der Waals surface area contributed by atoms with Gasteiger partial charge in [-0.3, -0.25) is 0 Å². The van der Waals surface area contributed by atoms with Gasteiger partial charge in [-0.2, -0.15) is 0 Å². The van der Waals surface area contributed by atoms with Crippen molar-refractivity contribution in [2.45, 2.75) is 65.5 Å². The van der Waals surface area contributed by atoms with Crippen LogP contribution in [0.2, 0.25) is 0 Å². The molecule has 0 aromatic rings. The van der Waals surface area contributed by atoms with E-state index in [9.17, 15) is 0 Å². The van der Waals surface area contributed by atoms with Gasteiger partial charge in [0.15, 0.2) is 12.6 Å². The van der Waals surface area contributed by atoms with Crippen molar-refractivity contribution in [1.29, 1.82) is 0 Å². The quantitative estimate of drug-likeness (QED) is 0.678. The third-order valence-corrected chi connectivity index (χ3v) is 5.75. The van der Waals surface area contributed by atoms with E-state index in [1.165, 1.54) is 36.0 Å². The normalized spacial score (nSPS) is 40.2. The van der Waals surface area contributed by atoms with E-state index < -0.39 is 0 Å². The summed E-state index contributed by atoms with van der Waals surface area (Å²) >= 11 is 0. The molecule has 0 aromatic carbocycles. The van der Waals surface area contributed by atoms with E-state index in [0.717, 1.165) is 19.4 Å². The van der Waals surface area contributed by atoms with E-state index in [1.807, 2.05) is 0 Å². The smallest absolute Gasteiger partial charge is 0.183 e. The van der Waals surface area contributed by atoms with Crippen molar-refractivity contribution in [3.05, 3.63) is 34.9 Å². The first-order valence-corrected chi connectivity index (χ1v) is 9.39. The fourth-order valence-electron chi connectivity index (χ4n) is 4.44. The summed E-state index contributed by atoms with van der Waals surface area (Å²) in [5, 5.41) is 0. The predicted octanol–water partition coefficient (Wildman–Crippen LogP) is 5.00. The van der Waals surface area contributed by atoms with Gasteiger partial charge in [0, 0.05) is 13.0 Å². The van der Waals surface area contributed by atoms with Crippen LogP contribution in [0.5, 0.6) is 0 Å². The molecule has 0 amide bonds. The molecule has 134 valence electrons.